The summed E-state index contributed by atoms with van der Waals surface area (Å²) in [4.78, 5) is 6.97. The van der Waals surface area contributed by atoms with Gasteiger partial charge in [0, 0.05) is 43.9 Å². The lowest BCUT2D eigenvalue weighted by Crippen LogP contribution is -2.46. The standard InChI is InChI=1S/C20H27N5O.HI/c1-14-12-25(16-8-9-16)13-19(14)23-20(21-2)22-11-17-10-18(24-26-17)15-6-4-3-5-7-15;/h3-7,10,14,16,19H,8-9,11-13H2,1-2H3,(H2,21,22,23);1H. The average Bonchev–Trinajstić information content (AvgIpc) is 3.30. The van der Waals surface area contributed by atoms with Gasteiger partial charge in [0.2, 0.25) is 0 Å². The molecule has 2 atom stereocenters. The molecule has 7 heteroatoms. The third-order valence-corrected chi connectivity index (χ3v) is 5.31. The first-order chi connectivity index (χ1) is 12.7. The first-order valence-corrected chi connectivity index (χ1v) is 9.45. The van der Waals surface area contributed by atoms with E-state index in [2.05, 4.69) is 32.6 Å². The highest BCUT2D eigenvalue weighted by Crippen LogP contribution is 2.31. The zero-order chi connectivity index (χ0) is 17.9. The molecule has 27 heavy (non-hydrogen) atoms. The second kappa shape index (κ2) is 9.05. The summed E-state index contributed by atoms with van der Waals surface area (Å²) >= 11 is 0. The van der Waals surface area contributed by atoms with Crippen LogP contribution in [0.1, 0.15) is 25.5 Å². The number of aliphatic imine (C=N–C) groups is 1. The van der Waals surface area contributed by atoms with Crippen LogP contribution in [-0.4, -0.2) is 48.2 Å². The molecule has 1 saturated carbocycles. The van der Waals surface area contributed by atoms with E-state index in [1.807, 2.05) is 43.4 Å². The first kappa shape index (κ1) is 20.1. The van der Waals surface area contributed by atoms with E-state index in [1.165, 1.54) is 19.4 Å². The van der Waals surface area contributed by atoms with Crippen LogP contribution in [-0.2, 0) is 6.54 Å². The molecule has 2 aliphatic rings. The van der Waals surface area contributed by atoms with Crippen LogP contribution in [0.15, 0.2) is 45.9 Å². The topological polar surface area (TPSA) is 65.7 Å². The number of rotatable bonds is 5. The molecule has 2 N–H and O–H groups in total. The molecule has 0 bridgehead atoms. The molecule has 1 aliphatic heterocycles. The van der Waals surface area contributed by atoms with Gasteiger partial charge in [-0.1, -0.05) is 42.4 Å². The summed E-state index contributed by atoms with van der Waals surface area (Å²) in [5, 5.41) is 11.1. The average molecular weight is 481 g/mol. The Hall–Kier alpha value is -1.61. The maximum Gasteiger partial charge on any atom is 0.191 e. The van der Waals surface area contributed by atoms with Crippen LogP contribution in [0.25, 0.3) is 11.3 Å². The molecule has 2 heterocycles. The summed E-state index contributed by atoms with van der Waals surface area (Å²) in [5.74, 6) is 2.24. The van der Waals surface area contributed by atoms with Crippen LogP contribution in [0.5, 0.6) is 0 Å². The van der Waals surface area contributed by atoms with Crippen LogP contribution in [0, 0.1) is 5.92 Å². The van der Waals surface area contributed by atoms with E-state index < -0.39 is 0 Å². The van der Waals surface area contributed by atoms with Crippen molar-refractivity contribution in [1.29, 1.82) is 0 Å². The molecule has 4 rings (SSSR count). The number of guanidine groups is 1. The Labute approximate surface area is 177 Å². The maximum absolute atomic E-state index is 5.46. The fourth-order valence-electron chi connectivity index (χ4n) is 3.61. The summed E-state index contributed by atoms with van der Waals surface area (Å²) in [6, 6.07) is 13.3. The molecule has 1 saturated heterocycles. The van der Waals surface area contributed by atoms with Gasteiger partial charge in [0.25, 0.3) is 0 Å². The maximum atomic E-state index is 5.46. The van der Waals surface area contributed by atoms with Crippen molar-refractivity contribution in [3.8, 4) is 11.3 Å². The zero-order valence-corrected chi connectivity index (χ0v) is 18.2. The van der Waals surface area contributed by atoms with Gasteiger partial charge in [-0.2, -0.15) is 0 Å². The van der Waals surface area contributed by atoms with Gasteiger partial charge >= 0.3 is 0 Å². The van der Waals surface area contributed by atoms with E-state index in [-0.39, 0.29) is 24.0 Å². The lowest BCUT2D eigenvalue weighted by Gasteiger charge is -2.20. The van der Waals surface area contributed by atoms with E-state index in [9.17, 15) is 0 Å². The van der Waals surface area contributed by atoms with Gasteiger partial charge < -0.3 is 15.2 Å². The predicted molar refractivity (Wildman–Crippen MR) is 118 cm³/mol. The molecule has 1 aromatic heterocycles. The Bertz CT molecular complexity index is 759. The van der Waals surface area contributed by atoms with E-state index in [0.717, 1.165) is 35.6 Å². The second-order valence-corrected chi connectivity index (χ2v) is 7.38. The third kappa shape index (κ3) is 5.01. The number of aromatic nitrogens is 1. The third-order valence-electron chi connectivity index (χ3n) is 5.31. The molecule has 2 fully saturated rings. The van der Waals surface area contributed by atoms with E-state index in [4.69, 9.17) is 4.52 Å². The summed E-state index contributed by atoms with van der Waals surface area (Å²) in [6.45, 7) is 5.16. The molecular formula is C20H28IN5O. The van der Waals surface area contributed by atoms with Crippen LogP contribution < -0.4 is 10.6 Å². The zero-order valence-electron chi connectivity index (χ0n) is 15.9. The minimum absolute atomic E-state index is 0. The summed E-state index contributed by atoms with van der Waals surface area (Å²) in [5.41, 5.74) is 1.92. The minimum atomic E-state index is 0. The van der Waals surface area contributed by atoms with Crippen molar-refractivity contribution in [3.05, 3.63) is 42.2 Å². The minimum Gasteiger partial charge on any atom is -0.359 e. The normalized spacial score (nSPS) is 23.1. The molecule has 1 aromatic carbocycles. The highest BCUT2D eigenvalue weighted by Gasteiger charge is 2.38. The number of hydrogen-bond donors (Lipinski definition) is 2. The van der Waals surface area contributed by atoms with Gasteiger partial charge in [-0.05, 0) is 18.8 Å². The van der Waals surface area contributed by atoms with E-state index in [1.54, 1.807) is 0 Å². The predicted octanol–water partition coefficient (Wildman–Crippen LogP) is 3.11. The van der Waals surface area contributed by atoms with Gasteiger partial charge in [-0.15, -0.1) is 24.0 Å². The summed E-state index contributed by atoms with van der Waals surface area (Å²) < 4.78 is 5.46. The molecule has 2 aromatic rings. The van der Waals surface area contributed by atoms with Gasteiger partial charge in [0.1, 0.15) is 5.69 Å². The van der Waals surface area contributed by atoms with Gasteiger partial charge in [0.15, 0.2) is 11.7 Å². The Morgan fingerprint density at radius 3 is 2.74 bits per heavy atom. The first-order valence-electron chi connectivity index (χ1n) is 9.45. The molecule has 2 unspecified atom stereocenters. The fourth-order valence-corrected chi connectivity index (χ4v) is 3.61. The van der Waals surface area contributed by atoms with Gasteiger partial charge in [0.05, 0.1) is 6.54 Å². The van der Waals surface area contributed by atoms with Crippen molar-refractivity contribution >= 4 is 29.9 Å². The van der Waals surface area contributed by atoms with Crippen LogP contribution in [0.2, 0.25) is 0 Å². The van der Waals surface area contributed by atoms with Crippen molar-refractivity contribution in [2.45, 2.75) is 38.4 Å². The number of benzene rings is 1. The Balaban J connectivity index is 0.00000210. The van der Waals surface area contributed by atoms with Crippen LogP contribution >= 0.6 is 24.0 Å². The van der Waals surface area contributed by atoms with Crippen molar-refractivity contribution < 1.29 is 4.52 Å². The SMILES string of the molecule is CN=C(NCc1cc(-c2ccccc2)no1)NC1CN(C2CC2)CC1C.I. The monoisotopic (exact) mass is 481 g/mol. The van der Waals surface area contributed by atoms with Crippen molar-refractivity contribution in [2.75, 3.05) is 20.1 Å². The molecule has 0 spiro atoms. The number of likely N-dealkylation sites (tertiary alicyclic amines) is 1. The smallest absolute Gasteiger partial charge is 0.191 e. The second-order valence-electron chi connectivity index (χ2n) is 7.38. The number of nitrogens with one attached hydrogen (secondary N) is 2. The van der Waals surface area contributed by atoms with Crippen LogP contribution in [0.4, 0.5) is 0 Å². The lowest BCUT2D eigenvalue weighted by atomic mass is 10.1. The van der Waals surface area contributed by atoms with Gasteiger partial charge in [-0.25, -0.2) is 0 Å². The number of halogens is 1. The van der Waals surface area contributed by atoms with Crippen molar-refractivity contribution in [1.82, 2.24) is 20.7 Å². The molecule has 0 amide bonds. The Morgan fingerprint density at radius 2 is 2.04 bits per heavy atom. The highest BCUT2D eigenvalue weighted by atomic mass is 127. The molecule has 6 nitrogen and oxygen atoms in total. The Morgan fingerprint density at radius 1 is 1.26 bits per heavy atom. The van der Waals surface area contributed by atoms with Gasteiger partial charge in [-0.3, -0.25) is 9.89 Å². The summed E-state index contributed by atoms with van der Waals surface area (Å²) in [6.07, 6.45) is 2.73. The van der Waals surface area contributed by atoms with E-state index in [0.29, 0.717) is 18.5 Å². The van der Waals surface area contributed by atoms with Crippen molar-refractivity contribution in [3.63, 3.8) is 0 Å². The molecule has 0 radical (unpaired) electrons. The van der Waals surface area contributed by atoms with E-state index >= 15 is 0 Å². The fraction of sp³-hybridized carbons (Fsp3) is 0.500. The largest absolute Gasteiger partial charge is 0.359 e. The number of nitrogens with zero attached hydrogens (tertiary/aromatic N) is 3. The van der Waals surface area contributed by atoms with Crippen molar-refractivity contribution in [2.24, 2.45) is 10.9 Å². The molecular weight excluding hydrogens is 453 g/mol. The highest BCUT2D eigenvalue weighted by molar-refractivity contribution is 14.0. The Kier molecular flexibility index (Phi) is 6.75. The quantitative estimate of drug-likeness (QED) is 0.391. The number of hydrogen-bond acceptors (Lipinski definition) is 4. The molecule has 1 aliphatic carbocycles. The van der Waals surface area contributed by atoms with Crippen LogP contribution in [0.3, 0.4) is 0 Å². The lowest BCUT2D eigenvalue weighted by molar-refractivity contribution is 0.315. The molecule has 146 valence electrons. The summed E-state index contributed by atoms with van der Waals surface area (Å²) in [7, 11) is 1.81.